The highest BCUT2D eigenvalue weighted by Gasteiger charge is 2.24. The highest BCUT2D eigenvalue weighted by Crippen LogP contribution is 2.47. The van der Waals surface area contributed by atoms with Crippen molar-refractivity contribution in [1.82, 2.24) is 19.9 Å². The molecule has 74 heavy (non-hydrogen) atoms. The number of aryl methyl sites for hydroxylation is 2. The van der Waals surface area contributed by atoms with Gasteiger partial charge in [-0.3, -0.25) is 9.97 Å². The molecule has 0 amide bonds. The van der Waals surface area contributed by atoms with Crippen molar-refractivity contribution in [2.24, 2.45) is 0 Å². The molecule has 0 bridgehead atoms. The summed E-state index contributed by atoms with van der Waals surface area (Å²) in [7, 11) is 0. The van der Waals surface area contributed by atoms with Crippen LogP contribution in [-0.4, -0.2) is 19.9 Å². The molecule has 0 aliphatic heterocycles. The van der Waals surface area contributed by atoms with E-state index >= 15 is 0 Å². The largest absolute Gasteiger partial charge is 0.256 e. The fraction of sp³-hybridized carbons (Fsp3) is 0.0286. The fourth-order valence-corrected chi connectivity index (χ4v) is 12.3. The average molecular weight is 939 g/mol. The van der Waals surface area contributed by atoms with Crippen LogP contribution in [0.5, 0.6) is 0 Å². The molecule has 0 unspecified atom stereocenters. The second-order valence-corrected chi connectivity index (χ2v) is 20.0. The SMILES string of the molecule is c1ccc2ncc(-c3ccc(-c4nc(-c5ccc(-c6cnc7ccccc7c6)cc5)c5cc(-c6ccc7ccc8cccc9ccc6c7c89)cc(-c6ccc7ccc8cccc9c8c7c6CC9)c5n4)cc3)cc2c1. The molecule has 3 heterocycles. The predicted octanol–water partition coefficient (Wildman–Crippen LogP) is 18.0. The van der Waals surface area contributed by atoms with Crippen molar-refractivity contribution in [3.63, 3.8) is 0 Å². The first-order valence-corrected chi connectivity index (χ1v) is 25.5. The van der Waals surface area contributed by atoms with Crippen LogP contribution in [0.25, 0.3) is 154 Å². The molecule has 0 radical (unpaired) electrons. The Kier molecular flexibility index (Phi) is 8.83. The summed E-state index contributed by atoms with van der Waals surface area (Å²) < 4.78 is 0. The van der Waals surface area contributed by atoms with Crippen LogP contribution in [0.15, 0.2) is 231 Å². The number of hydrogen-bond acceptors (Lipinski definition) is 4. The summed E-state index contributed by atoms with van der Waals surface area (Å²) in [5, 5.41) is 16.1. The van der Waals surface area contributed by atoms with Crippen LogP contribution in [0, 0.1) is 0 Å². The van der Waals surface area contributed by atoms with Gasteiger partial charge in [-0.05, 0) is 142 Å². The predicted molar refractivity (Wildman–Crippen MR) is 309 cm³/mol. The van der Waals surface area contributed by atoms with Gasteiger partial charge in [0.15, 0.2) is 5.82 Å². The van der Waals surface area contributed by atoms with E-state index in [-0.39, 0.29) is 0 Å². The molecule has 0 atom stereocenters. The summed E-state index contributed by atoms with van der Waals surface area (Å²) in [6.07, 6.45) is 5.86. The van der Waals surface area contributed by atoms with Crippen LogP contribution in [0.1, 0.15) is 11.1 Å². The lowest BCUT2D eigenvalue weighted by molar-refractivity contribution is 0.970. The van der Waals surface area contributed by atoms with Gasteiger partial charge in [-0.25, -0.2) is 9.97 Å². The molecular formula is C70H42N4. The van der Waals surface area contributed by atoms with E-state index in [1.165, 1.54) is 76.1 Å². The zero-order valence-corrected chi connectivity index (χ0v) is 40.1. The third-order valence-electron chi connectivity index (χ3n) is 15.9. The molecule has 4 nitrogen and oxygen atoms in total. The van der Waals surface area contributed by atoms with E-state index in [0.29, 0.717) is 5.82 Å². The van der Waals surface area contributed by atoms with Crippen LogP contribution in [0.3, 0.4) is 0 Å². The summed E-state index contributed by atoms with van der Waals surface area (Å²) in [5.74, 6) is 0.678. The molecule has 0 fully saturated rings. The van der Waals surface area contributed by atoms with E-state index in [4.69, 9.17) is 19.9 Å². The number of rotatable bonds is 6. The molecule has 1 aliphatic carbocycles. The van der Waals surface area contributed by atoms with Crippen LogP contribution in [0.4, 0.5) is 0 Å². The molecule has 4 heteroatoms. The Hall–Kier alpha value is -9.64. The third-order valence-corrected chi connectivity index (χ3v) is 15.9. The minimum Gasteiger partial charge on any atom is -0.256 e. The molecule has 16 rings (SSSR count). The molecular weight excluding hydrogens is 897 g/mol. The molecule has 12 aromatic carbocycles. The summed E-state index contributed by atoms with van der Waals surface area (Å²) in [6.45, 7) is 0. The van der Waals surface area contributed by atoms with Gasteiger partial charge < -0.3 is 0 Å². The van der Waals surface area contributed by atoms with Crippen molar-refractivity contribution in [3.8, 4) is 67.2 Å². The van der Waals surface area contributed by atoms with Crippen molar-refractivity contribution >= 4 is 86.6 Å². The lowest BCUT2D eigenvalue weighted by Gasteiger charge is -2.23. The van der Waals surface area contributed by atoms with Gasteiger partial charge in [0.05, 0.1) is 22.2 Å². The molecule has 0 saturated carbocycles. The summed E-state index contributed by atoms with van der Waals surface area (Å²) in [6, 6.07) is 79.8. The smallest absolute Gasteiger partial charge is 0.160 e. The van der Waals surface area contributed by atoms with Gasteiger partial charge >= 0.3 is 0 Å². The van der Waals surface area contributed by atoms with Gasteiger partial charge in [-0.1, -0.05) is 182 Å². The molecule has 0 saturated heterocycles. The van der Waals surface area contributed by atoms with E-state index in [9.17, 15) is 0 Å². The van der Waals surface area contributed by atoms with Crippen LogP contribution < -0.4 is 0 Å². The zero-order chi connectivity index (χ0) is 48.4. The first-order valence-electron chi connectivity index (χ1n) is 25.5. The minimum absolute atomic E-state index is 0.678. The molecule has 3 aromatic heterocycles. The maximum absolute atomic E-state index is 5.71. The Morgan fingerprint density at radius 3 is 1.53 bits per heavy atom. The summed E-state index contributed by atoms with van der Waals surface area (Å²) in [5.41, 5.74) is 17.5. The van der Waals surface area contributed by atoms with Crippen molar-refractivity contribution in [2.75, 3.05) is 0 Å². The van der Waals surface area contributed by atoms with E-state index in [0.717, 1.165) is 95.8 Å². The van der Waals surface area contributed by atoms with Gasteiger partial charge in [0.1, 0.15) is 0 Å². The number of para-hydroxylation sites is 2. The molecule has 1 aliphatic rings. The standard InChI is InChI=1S/C70H42N4/c1-3-13-62-51(7-1)35-54(39-71-62)41-15-23-49(24-16-41)68-61-38-53(56-31-27-47-21-19-43-9-5-11-45-29-33-58(56)66(47)64(43)45)37-60(57-32-28-48-22-20-44-10-6-12-46-30-34-59(57)67(48)65(44)46)69(61)74-70(73-68)50-25-17-42(18-26-50)55-36-52-8-2-4-14-63(52)72-40-55/h1-29,31-33,35-40H,30,34H2. The zero-order valence-electron chi connectivity index (χ0n) is 40.1. The van der Waals surface area contributed by atoms with Crippen molar-refractivity contribution in [1.29, 1.82) is 0 Å². The Bertz CT molecular complexity index is 4810. The minimum atomic E-state index is 0.678. The van der Waals surface area contributed by atoms with Crippen molar-refractivity contribution < 1.29 is 0 Å². The monoisotopic (exact) mass is 938 g/mol. The Morgan fingerprint density at radius 2 is 0.838 bits per heavy atom. The number of aromatic nitrogens is 4. The summed E-state index contributed by atoms with van der Waals surface area (Å²) >= 11 is 0. The van der Waals surface area contributed by atoms with Gasteiger partial charge in [0, 0.05) is 56.4 Å². The highest BCUT2D eigenvalue weighted by atomic mass is 14.9. The van der Waals surface area contributed by atoms with Crippen LogP contribution in [-0.2, 0) is 12.8 Å². The van der Waals surface area contributed by atoms with Gasteiger partial charge in [0.25, 0.3) is 0 Å². The maximum Gasteiger partial charge on any atom is 0.160 e. The van der Waals surface area contributed by atoms with E-state index < -0.39 is 0 Å². The maximum atomic E-state index is 5.71. The molecule has 342 valence electrons. The Labute approximate surface area is 426 Å². The second-order valence-electron chi connectivity index (χ2n) is 20.0. The van der Waals surface area contributed by atoms with Crippen LogP contribution in [0.2, 0.25) is 0 Å². The van der Waals surface area contributed by atoms with Gasteiger partial charge in [-0.15, -0.1) is 0 Å². The topological polar surface area (TPSA) is 51.6 Å². The number of nitrogens with zero attached hydrogens (tertiary/aromatic N) is 4. The Balaban J connectivity index is 0.965. The lowest BCUT2D eigenvalue weighted by atomic mass is 9.81. The normalized spacial score (nSPS) is 12.5. The number of benzene rings is 12. The summed E-state index contributed by atoms with van der Waals surface area (Å²) in [4.78, 5) is 20.9. The van der Waals surface area contributed by atoms with Gasteiger partial charge in [-0.2, -0.15) is 0 Å². The Morgan fingerprint density at radius 1 is 0.297 bits per heavy atom. The molecule has 0 N–H and O–H groups in total. The number of hydrogen-bond donors (Lipinski definition) is 0. The quantitative estimate of drug-likeness (QED) is 0.156. The molecule has 15 aromatic rings. The number of pyridine rings is 2. The molecule has 0 spiro atoms. The van der Waals surface area contributed by atoms with Crippen molar-refractivity contribution in [2.45, 2.75) is 12.8 Å². The first kappa shape index (κ1) is 41.0. The van der Waals surface area contributed by atoms with Gasteiger partial charge in [0.2, 0.25) is 0 Å². The first-order chi connectivity index (χ1) is 36.6. The fourth-order valence-electron chi connectivity index (χ4n) is 12.3. The third kappa shape index (κ3) is 6.35. The van der Waals surface area contributed by atoms with Crippen LogP contribution >= 0.6 is 0 Å². The van der Waals surface area contributed by atoms with E-state index in [2.05, 4.69) is 206 Å². The number of fused-ring (bicyclic) bond motifs is 3. The highest BCUT2D eigenvalue weighted by molar-refractivity contribution is 6.26. The second kappa shape index (κ2) is 15.9. The van der Waals surface area contributed by atoms with E-state index in [1.807, 2.05) is 24.5 Å². The average Bonchev–Trinajstić information content (AvgIpc) is 3.47. The van der Waals surface area contributed by atoms with Crippen molar-refractivity contribution in [3.05, 3.63) is 242 Å². The van der Waals surface area contributed by atoms with E-state index in [1.54, 1.807) is 0 Å². The lowest BCUT2D eigenvalue weighted by Crippen LogP contribution is -2.04.